The predicted molar refractivity (Wildman–Crippen MR) is 53.1 cm³/mol. The minimum atomic E-state index is 0.329. The summed E-state index contributed by atoms with van der Waals surface area (Å²) >= 11 is 0. The molecule has 14 heavy (non-hydrogen) atoms. The highest BCUT2D eigenvalue weighted by Gasteiger charge is 2.10. The van der Waals surface area contributed by atoms with E-state index in [1.807, 2.05) is 6.07 Å². The lowest BCUT2D eigenvalue weighted by molar-refractivity contribution is 0.0341. The van der Waals surface area contributed by atoms with Crippen molar-refractivity contribution in [1.29, 1.82) is 0 Å². The molecular formula is C10H14N3O. The Morgan fingerprint density at radius 2 is 2.14 bits per heavy atom. The molecule has 1 aromatic heterocycles. The zero-order chi connectivity index (χ0) is 9.80. The molecule has 0 aliphatic carbocycles. The minimum Gasteiger partial charge on any atom is -0.379 e. The van der Waals surface area contributed by atoms with Gasteiger partial charge in [-0.25, -0.2) is 4.98 Å². The van der Waals surface area contributed by atoms with E-state index in [0.29, 0.717) is 5.82 Å². The van der Waals surface area contributed by atoms with Crippen LogP contribution in [0, 0.1) is 0 Å². The molecule has 1 aliphatic heterocycles. The lowest BCUT2D eigenvalue weighted by Gasteiger charge is -2.26. The standard InChI is InChI=1S/C10H14N3O/c11-10-2-1-9(7-12-10)8-13-3-5-14-6-4-13/h1-2,7,11H,3-6,8H2. The van der Waals surface area contributed by atoms with Crippen LogP contribution < -0.4 is 5.73 Å². The Hall–Kier alpha value is -1.13. The molecule has 0 amide bonds. The normalized spacial score (nSPS) is 18.3. The highest BCUT2D eigenvalue weighted by molar-refractivity contribution is 5.25. The summed E-state index contributed by atoms with van der Waals surface area (Å²) in [4.78, 5) is 6.29. The lowest BCUT2D eigenvalue weighted by atomic mass is 10.2. The zero-order valence-electron chi connectivity index (χ0n) is 8.07. The number of hydrogen-bond acceptors (Lipinski definition) is 3. The van der Waals surface area contributed by atoms with E-state index in [2.05, 4.69) is 9.88 Å². The number of nitrogens with one attached hydrogen (secondary N) is 1. The third kappa shape index (κ3) is 2.43. The summed E-state index contributed by atoms with van der Waals surface area (Å²) in [7, 11) is 0. The number of rotatable bonds is 2. The SMILES string of the molecule is [NH]c1ccc(CN2CCOCC2)cn1. The van der Waals surface area contributed by atoms with Gasteiger partial charge in [-0.1, -0.05) is 6.07 Å². The maximum absolute atomic E-state index is 7.27. The van der Waals surface area contributed by atoms with Gasteiger partial charge in [-0.05, 0) is 11.6 Å². The number of aromatic nitrogens is 1. The Morgan fingerprint density at radius 1 is 1.36 bits per heavy atom. The van der Waals surface area contributed by atoms with Crippen LogP contribution in [0.15, 0.2) is 18.3 Å². The van der Waals surface area contributed by atoms with Crippen molar-refractivity contribution in [2.75, 3.05) is 26.3 Å². The number of morpholine rings is 1. The van der Waals surface area contributed by atoms with Gasteiger partial charge >= 0.3 is 0 Å². The number of pyridine rings is 1. The fraction of sp³-hybridized carbons (Fsp3) is 0.500. The second-order valence-electron chi connectivity index (χ2n) is 3.44. The third-order valence-corrected chi connectivity index (χ3v) is 2.33. The van der Waals surface area contributed by atoms with Gasteiger partial charge in [0.25, 0.3) is 0 Å². The van der Waals surface area contributed by atoms with Gasteiger partial charge in [0.1, 0.15) is 5.82 Å². The molecule has 2 heterocycles. The van der Waals surface area contributed by atoms with Gasteiger partial charge in [0.05, 0.1) is 13.2 Å². The van der Waals surface area contributed by atoms with E-state index in [0.717, 1.165) is 32.8 Å². The zero-order valence-corrected chi connectivity index (χ0v) is 8.07. The van der Waals surface area contributed by atoms with Crippen molar-refractivity contribution in [3.63, 3.8) is 0 Å². The maximum atomic E-state index is 7.27. The lowest BCUT2D eigenvalue weighted by Crippen LogP contribution is -2.35. The first-order valence-electron chi connectivity index (χ1n) is 4.81. The van der Waals surface area contributed by atoms with Crippen LogP contribution in [0.5, 0.6) is 0 Å². The molecule has 1 saturated heterocycles. The summed E-state index contributed by atoms with van der Waals surface area (Å²) in [5.41, 5.74) is 8.44. The van der Waals surface area contributed by atoms with Gasteiger partial charge in [0, 0.05) is 25.8 Å². The van der Waals surface area contributed by atoms with Crippen LogP contribution in [-0.2, 0) is 11.3 Å². The molecule has 1 radical (unpaired) electrons. The Morgan fingerprint density at radius 3 is 2.79 bits per heavy atom. The molecule has 0 saturated carbocycles. The van der Waals surface area contributed by atoms with E-state index in [4.69, 9.17) is 10.5 Å². The summed E-state index contributed by atoms with van der Waals surface area (Å²) in [6.07, 6.45) is 1.78. The van der Waals surface area contributed by atoms with E-state index in [1.54, 1.807) is 12.3 Å². The molecule has 0 aromatic carbocycles. The molecule has 1 fully saturated rings. The molecule has 75 valence electrons. The molecule has 1 N–H and O–H groups in total. The molecule has 0 unspecified atom stereocenters. The first-order valence-corrected chi connectivity index (χ1v) is 4.81. The minimum absolute atomic E-state index is 0.329. The van der Waals surface area contributed by atoms with Crippen molar-refractivity contribution in [3.05, 3.63) is 23.9 Å². The molecule has 0 spiro atoms. The fourth-order valence-corrected chi connectivity index (χ4v) is 1.54. The molecule has 0 bridgehead atoms. The van der Waals surface area contributed by atoms with E-state index in [-0.39, 0.29) is 0 Å². The molecule has 1 aromatic rings. The van der Waals surface area contributed by atoms with E-state index < -0.39 is 0 Å². The highest BCUT2D eigenvalue weighted by atomic mass is 16.5. The van der Waals surface area contributed by atoms with Crippen LogP contribution in [0.2, 0.25) is 0 Å². The molecule has 1 aliphatic rings. The van der Waals surface area contributed by atoms with Gasteiger partial charge in [-0.3, -0.25) is 10.6 Å². The van der Waals surface area contributed by atoms with Crippen molar-refractivity contribution >= 4 is 5.82 Å². The Kier molecular flexibility index (Phi) is 2.96. The average Bonchev–Trinajstić information content (AvgIpc) is 2.23. The van der Waals surface area contributed by atoms with Crippen LogP contribution in [0.3, 0.4) is 0 Å². The van der Waals surface area contributed by atoms with Gasteiger partial charge < -0.3 is 4.74 Å². The fourth-order valence-electron chi connectivity index (χ4n) is 1.54. The third-order valence-electron chi connectivity index (χ3n) is 2.33. The van der Waals surface area contributed by atoms with Crippen molar-refractivity contribution in [3.8, 4) is 0 Å². The van der Waals surface area contributed by atoms with Crippen molar-refractivity contribution in [2.24, 2.45) is 0 Å². The van der Waals surface area contributed by atoms with E-state index in [1.165, 1.54) is 5.56 Å². The second kappa shape index (κ2) is 4.39. The number of hydrogen-bond donors (Lipinski definition) is 0. The first-order chi connectivity index (χ1) is 6.84. The van der Waals surface area contributed by atoms with Crippen LogP contribution in [-0.4, -0.2) is 36.2 Å². The van der Waals surface area contributed by atoms with Gasteiger partial charge in [-0.2, -0.15) is 0 Å². The molecular weight excluding hydrogens is 178 g/mol. The highest BCUT2D eigenvalue weighted by Crippen LogP contribution is 2.07. The molecule has 4 nitrogen and oxygen atoms in total. The summed E-state index contributed by atoms with van der Waals surface area (Å²) in [6, 6.07) is 3.70. The van der Waals surface area contributed by atoms with Gasteiger partial charge in [-0.15, -0.1) is 0 Å². The molecule has 0 atom stereocenters. The summed E-state index contributed by atoms with van der Waals surface area (Å²) in [5, 5.41) is 0. The van der Waals surface area contributed by atoms with Crippen molar-refractivity contribution < 1.29 is 4.74 Å². The van der Waals surface area contributed by atoms with Crippen molar-refractivity contribution in [2.45, 2.75) is 6.54 Å². The first kappa shape index (κ1) is 9.43. The van der Waals surface area contributed by atoms with Crippen LogP contribution in [0.25, 0.3) is 0 Å². The maximum Gasteiger partial charge on any atom is 0.144 e. The monoisotopic (exact) mass is 192 g/mol. The Labute approximate surface area is 83.7 Å². The second-order valence-corrected chi connectivity index (χ2v) is 3.44. The van der Waals surface area contributed by atoms with Crippen molar-refractivity contribution in [1.82, 2.24) is 15.6 Å². The largest absolute Gasteiger partial charge is 0.379 e. The quantitative estimate of drug-likeness (QED) is 0.697. The van der Waals surface area contributed by atoms with Crippen LogP contribution in [0.4, 0.5) is 5.82 Å². The molecule has 2 rings (SSSR count). The summed E-state index contributed by atoms with van der Waals surface area (Å²) in [5.74, 6) is 0.329. The number of ether oxygens (including phenoxy) is 1. The summed E-state index contributed by atoms with van der Waals surface area (Å²) in [6.45, 7) is 4.54. The van der Waals surface area contributed by atoms with E-state index in [9.17, 15) is 0 Å². The van der Waals surface area contributed by atoms with Gasteiger partial charge in [0.15, 0.2) is 0 Å². The van der Waals surface area contributed by atoms with Crippen LogP contribution in [0.1, 0.15) is 5.56 Å². The van der Waals surface area contributed by atoms with Crippen LogP contribution >= 0.6 is 0 Å². The smallest absolute Gasteiger partial charge is 0.144 e. The average molecular weight is 192 g/mol. The molecule has 4 heteroatoms. The summed E-state index contributed by atoms with van der Waals surface area (Å²) < 4.78 is 5.27. The number of nitrogens with zero attached hydrogens (tertiary/aromatic N) is 2. The Bertz CT molecular complexity index is 280. The Balaban J connectivity index is 1.92. The van der Waals surface area contributed by atoms with E-state index >= 15 is 0 Å². The predicted octanol–water partition coefficient (Wildman–Crippen LogP) is 0.828. The topological polar surface area (TPSA) is 49.2 Å². The van der Waals surface area contributed by atoms with Gasteiger partial charge in [0.2, 0.25) is 0 Å².